The summed E-state index contributed by atoms with van der Waals surface area (Å²) >= 11 is 0. The third-order valence-corrected chi connectivity index (χ3v) is 3.44. The maximum absolute atomic E-state index is 12.6. The highest BCUT2D eigenvalue weighted by Crippen LogP contribution is 2.28. The molecule has 1 rings (SSSR count). The van der Waals surface area contributed by atoms with Crippen LogP contribution in [0.1, 0.15) is 68.6 Å². The molecule has 0 spiro atoms. The van der Waals surface area contributed by atoms with Gasteiger partial charge in [0.1, 0.15) is 0 Å². The highest BCUT2D eigenvalue weighted by Gasteiger charge is 2.26. The summed E-state index contributed by atoms with van der Waals surface area (Å²) in [5.74, 6) is 0.277. The minimum Gasteiger partial charge on any atom is -0.294 e. The average Bonchev–Trinajstić information content (AvgIpc) is 2.34. The van der Waals surface area contributed by atoms with E-state index in [-0.39, 0.29) is 11.2 Å². The first-order chi connectivity index (χ1) is 8.35. The third-order valence-electron chi connectivity index (χ3n) is 3.44. The number of Topliss-reactive ketones (excluding diaryl/α,β-unsaturated/α-hetero) is 1. The van der Waals surface area contributed by atoms with Crippen molar-refractivity contribution in [2.45, 2.75) is 60.8 Å². The van der Waals surface area contributed by atoms with E-state index in [0.29, 0.717) is 0 Å². The molecule has 0 radical (unpaired) electrons. The van der Waals surface area contributed by atoms with Gasteiger partial charge in [0.05, 0.1) is 0 Å². The van der Waals surface area contributed by atoms with Crippen LogP contribution in [0.5, 0.6) is 0 Å². The van der Waals surface area contributed by atoms with E-state index in [1.54, 1.807) is 0 Å². The third kappa shape index (κ3) is 3.01. The molecule has 0 aliphatic rings. The fourth-order valence-electron chi connectivity index (χ4n) is 2.27. The standard InChI is InChI=1S/C17H26O/c1-7-12-10-13(8-2)15(14(9-3)11-12)16(18)17(4,5)6/h10-11H,7-9H2,1-6H3. The molecule has 0 fully saturated rings. The average molecular weight is 246 g/mol. The quantitative estimate of drug-likeness (QED) is 0.709. The number of carbonyl (C=O) groups excluding carboxylic acids is 1. The molecule has 100 valence electrons. The second-order valence-corrected chi connectivity index (χ2v) is 5.93. The Labute approximate surface area is 112 Å². The zero-order valence-corrected chi connectivity index (χ0v) is 12.7. The zero-order chi connectivity index (χ0) is 13.9. The summed E-state index contributed by atoms with van der Waals surface area (Å²) in [7, 11) is 0. The highest BCUT2D eigenvalue weighted by molar-refractivity contribution is 6.02. The van der Waals surface area contributed by atoms with Crippen LogP contribution >= 0.6 is 0 Å². The largest absolute Gasteiger partial charge is 0.294 e. The maximum Gasteiger partial charge on any atom is 0.168 e. The van der Waals surface area contributed by atoms with E-state index < -0.39 is 0 Å². The van der Waals surface area contributed by atoms with Crippen LogP contribution in [0.4, 0.5) is 0 Å². The van der Waals surface area contributed by atoms with E-state index in [1.165, 1.54) is 16.7 Å². The summed E-state index contributed by atoms with van der Waals surface area (Å²) in [5, 5.41) is 0. The van der Waals surface area contributed by atoms with Crippen molar-refractivity contribution < 1.29 is 4.79 Å². The maximum atomic E-state index is 12.6. The summed E-state index contributed by atoms with van der Waals surface area (Å²) in [6, 6.07) is 4.41. The van der Waals surface area contributed by atoms with Crippen molar-refractivity contribution in [3.05, 3.63) is 34.4 Å². The molecule has 1 aromatic rings. The molecule has 0 N–H and O–H groups in total. The van der Waals surface area contributed by atoms with Gasteiger partial charge in [-0.05, 0) is 36.0 Å². The van der Waals surface area contributed by atoms with Gasteiger partial charge < -0.3 is 0 Å². The predicted octanol–water partition coefficient (Wildman–Crippen LogP) is 4.60. The molecule has 0 unspecified atom stereocenters. The summed E-state index contributed by atoms with van der Waals surface area (Å²) in [4.78, 5) is 12.6. The normalized spacial score (nSPS) is 11.7. The number of hydrogen-bond donors (Lipinski definition) is 0. The van der Waals surface area contributed by atoms with E-state index in [4.69, 9.17) is 0 Å². The smallest absolute Gasteiger partial charge is 0.168 e. The van der Waals surface area contributed by atoms with Crippen molar-refractivity contribution >= 4 is 5.78 Å². The van der Waals surface area contributed by atoms with Crippen molar-refractivity contribution in [1.29, 1.82) is 0 Å². The number of hydrogen-bond acceptors (Lipinski definition) is 1. The highest BCUT2D eigenvalue weighted by atomic mass is 16.1. The first-order valence-corrected chi connectivity index (χ1v) is 7.04. The van der Waals surface area contributed by atoms with Gasteiger partial charge in [0.15, 0.2) is 5.78 Å². The molecule has 0 amide bonds. The van der Waals surface area contributed by atoms with Crippen LogP contribution in [0.2, 0.25) is 0 Å². The number of ketones is 1. The van der Waals surface area contributed by atoms with Gasteiger partial charge in [0.2, 0.25) is 0 Å². The van der Waals surface area contributed by atoms with Crippen LogP contribution in [0.25, 0.3) is 0 Å². The lowest BCUT2D eigenvalue weighted by Gasteiger charge is -2.22. The molecule has 1 nitrogen and oxygen atoms in total. The molecule has 0 atom stereocenters. The van der Waals surface area contributed by atoms with Crippen LogP contribution in [0.15, 0.2) is 12.1 Å². The first kappa shape index (κ1) is 14.9. The van der Waals surface area contributed by atoms with E-state index in [1.807, 2.05) is 20.8 Å². The van der Waals surface area contributed by atoms with Gasteiger partial charge in [0.25, 0.3) is 0 Å². The van der Waals surface area contributed by atoms with Gasteiger partial charge in [-0.2, -0.15) is 0 Å². The molecule has 0 heterocycles. The summed E-state index contributed by atoms with van der Waals surface area (Å²) < 4.78 is 0. The Hall–Kier alpha value is -1.11. The summed E-state index contributed by atoms with van der Waals surface area (Å²) in [6.45, 7) is 12.4. The Morgan fingerprint density at radius 1 is 0.944 bits per heavy atom. The monoisotopic (exact) mass is 246 g/mol. The van der Waals surface area contributed by atoms with Crippen molar-refractivity contribution in [1.82, 2.24) is 0 Å². The van der Waals surface area contributed by atoms with Crippen LogP contribution in [0.3, 0.4) is 0 Å². The Morgan fingerprint density at radius 3 is 1.67 bits per heavy atom. The summed E-state index contributed by atoms with van der Waals surface area (Å²) in [5.41, 5.74) is 4.44. The van der Waals surface area contributed by atoms with Crippen LogP contribution < -0.4 is 0 Å². The molecule has 0 bridgehead atoms. The van der Waals surface area contributed by atoms with E-state index in [2.05, 4.69) is 32.9 Å². The fraction of sp³-hybridized carbons (Fsp3) is 0.588. The number of benzene rings is 1. The van der Waals surface area contributed by atoms with Gasteiger partial charge in [0, 0.05) is 11.0 Å². The summed E-state index contributed by atoms with van der Waals surface area (Å²) in [6.07, 6.45) is 2.89. The van der Waals surface area contributed by atoms with Crippen LogP contribution in [0, 0.1) is 5.41 Å². The van der Waals surface area contributed by atoms with Gasteiger partial charge in [-0.15, -0.1) is 0 Å². The molecule has 1 heteroatoms. The minimum atomic E-state index is -0.304. The topological polar surface area (TPSA) is 17.1 Å². The van der Waals surface area contributed by atoms with Gasteiger partial charge in [-0.1, -0.05) is 53.7 Å². The molecule has 0 aliphatic carbocycles. The Morgan fingerprint density at radius 2 is 1.39 bits per heavy atom. The lowest BCUT2D eigenvalue weighted by molar-refractivity contribution is 0.0856. The number of carbonyl (C=O) groups is 1. The molecule has 0 saturated heterocycles. The van der Waals surface area contributed by atoms with E-state index in [9.17, 15) is 4.79 Å². The second-order valence-electron chi connectivity index (χ2n) is 5.93. The molecule has 1 aromatic carbocycles. The SMILES string of the molecule is CCc1cc(CC)c(C(=O)C(C)(C)C)c(CC)c1. The Balaban J connectivity index is 3.45. The Kier molecular flexibility index (Phi) is 4.72. The predicted molar refractivity (Wildman–Crippen MR) is 78.4 cm³/mol. The van der Waals surface area contributed by atoms with Crippen molar-refractivity contribution in [2.75, 3.05) is 0 Å². The molecular formula is C17H26O. The lowest BCUT2D eigenvalue weighted by Crippen LogP contribution is -2.23. The molecular weight excluding hydrogens is 220 g/mol. The first-order valence-electron chi connectivity index (χ1n) is 7.04. The molecule has 0 aromatic heterocycles. The van der Waals surface area contributed by atoms with Gasteiger partial charge in [-0.25, -0.2) is 0 Å². The van der Waals surface area contributed by atoms with E-state index in [0.717, 1.165) is 24.8 Å². The van der Waals surface area contributed by atoms with Crippen molar-refractivity contribution in [2.24, 2.45) is 5.41 Å². The van der Waals surface area contributed by atoms with Crippen LogP contribution in [-0.2, 0) is 19.3 Å². The number of rotatable bonds is 4. The second kappa shape index (κ2) is 5.69. The fourth-order valence-corrected chi connectivity index (χ4v) is 2.27. The molecule has 0 aliphatic heterocycles. The Bertz CT molecular complexity index is 410. The number of aryl methyl sites for hydroxylation is 3. The van der Waals surface area contributed by atoms with Crippen LogP contribution in [-0.4, -0.2) is 5.78 Å². The van der Waals surface area contributed by atoms with Crippen molar-refractivity contribution in [3.8, 4) is 0 Å². The van der Waals surface area contributed by atoms with Gasteiger partial charge >= 0.3 is 0 Å². The van der Waals surface area contributed by atoms with Crippen molar-refractivity contribution in [3.63, 3.8) is 0 Å². The van der Waals surface area contributed by atoms with Gasteiger partial charge in [-0.3, -0.25) is 4.79 Å². The lowest BCUT2D eigenvalue weighted by atomic mass is 9.81. The van der Waals surface area contributed by atoms with E-state index >= 15 is 0 Å². The molecule has 0 saturated carbocycles. The minimum absolute atomic E-state index is 0.277. The zero-order valence-electron chi connectivity index (χ0n) is 12.7. The molecule has 18 heavy (non-hydrogen) atoms.